The molecule has 1 aliphatic heterocycles. The van der Waals surface area contributed by atoms with E-state index in [1.165, 1.54) is 25.7 Å². The Morgan fingerprint density at radius 3 is 2.58 bits per heavy atom. The lowest BCUT2D eigenvalue weighted by Gasteiger charge is -2.26. The van der Waals surface area contributed by atoms with Crippen LogP contribution in [0, 0.1) is 0 Å². The van der Waals surface area contributed by atoms with Crippen molar-refractivity contribution in [3.8, 4) is 0 Å². The number of anilines is 1. The van der Waals surface area contributed by atoms with Gasteiger partial charge >= 0.3 is 0 Å². The maximum atomic E-state index is 12.9. The van der Waals surface area contributed by atoms with Crippen molar-refractivity contribution in [2.24, 2.45) is 0 Å². The Labute approximate surface area is 156 Å². The number of hydrogen-bond acceptors (Lipinski definition) is 5. The Morgan fingerprint density at radius 1 is 1.23 bits per heavy atom. The molecule has 144 valence electrons. The van der Waals surface area contributed by atoms with E-state index in [2.05, 4.69) is 10.3 Å². The van der Waals surface area contributed by atoms with E-state index in [1.807, 2.05) is 13.0 Å². The van der Waals surface area contributed by atoms with E-state index in [-0.39, 0.29) is 23.5 Å². The quantitative estimate of drug-likeness (QED) is 0.796. The SMILES string of the molecule is CCN(C(=O)c1cc(NC2CCCCCC2)ccn1)C1CCS(=O)(=O)C1. The highest BCUT2D eigenvalue weighted by atomic mass is 32.2. The van der Waals surface area contributed by atoms with Gasteiger partial charge in [-0.15, -0.1) is 0 Å². The number of nitrogens with one attached hydrogen (secondary N) is 1. The fraction of sp³-hybridized carbons (Fsp3) is 0.684. The summed E-state index contributed by atoms with van der Waals surface area (Å²) < 4.78 is 23.5. The van der Waals surface area contributed by atoms with E-state index in [4.69, 9.17) is 0 Å². The number of sulfone groups is 1. The molecule has 2 heterocycles. The molecule has 1 aliphatic carbocycles. The summed E-state index contributed by atoms with van der Waals surface area (Å²) in [6.45, 7) is 2.37. The number of carbonyl (C=O) groups excluding carboxylic acids is 1. The van der Waals surface area contributed by atoms with Gasteiger partial charge in [-0.3, -0.25) is 9.78 Å². The number of aromatic nitrogens is 1. The van der Waals surface area contributed by atoms with Crippen LogP contribution in [0.25, 0.3) is 0 Å². The highest BCUT2D eigenvalue weighted by Gasteiger charge is 2.34. The lowest BCUT2D eigenvalue weighted by Crippen LogP contribution is -2.41. The monoisotopic (exact) mass is 379 g/mol. The van der Waals surface area contributed by atoms with Crippen LogP contribution in [0.2, 0.25) is 0 Å². The summed E-state index contributed by atoms with van der Waals surface area (Å²) in [5.41, 5.74) is 1.31. The molecule has 0 bridgehead atoms. The Bertz CT molecular complexity index is 727. The molecule has 1 saturated heterocycles. The Balaban J connectivity index is 1.70. The summed E-state index contributed by atoms with van der Waals surface area (Å²) in [6.07, 6.45) is 9.58. The number of nitrogens with zero attached hydrogens (tertiary/aromatic N) is 2. The van der Waals surface area contributed by atoms with Crippen molar-refractivity contribution >= 4 is 21.4 Å². The van der Waals surface area contributed by atoms with E-state index < -0.39 is 9.84 Å². The molecule has 2 aliphatic rings. The third-order valence-corrected chi connectivity index (χ3v) is 7.21. The second kappa shape index (κ2) is 8.37. The molecule has 3 rings (SSSR count). The van der Waals surface area contributed by atoms with Crippen LogP contribution in [-0.4, -0.2) is 54.3 Å². The van der Waals surface area contributed by atoms with E-state index >= 15 is 0 Å². The number of rotatable bonds is 5. The maximum absolute atomic E-state index is 12.9. The molecule has 26 heavy (non-hydrogen) atoms. The summed E-state index contributed by atoms with van der Waals surface area (Å²) in [4.78, 5) is 18.8. The molecular weight excluding hydrogens is 350 g/mol. The van der Waals surface area contributed by atoms with Gasteiger partial charge in [-0.25, -0.2) is 8.42 Å². The maximum Gasteiger partial charge on any atom is 0.272 e. The molecule has 7 heteroatoms. The molecule has 1 saturated carbocycles. The predicted molar refractivity (Wildman–Crippen MR) is 103 cm³/mol. The first-order valence-electron chi connectivity index (χ1n) is 9.72. The Kier molecular flexibility index (Phi) is 6.16. The van der Waals surface area contributed by atoms with E-state index in [0.717, 1.165) is 18.5 Å². The highest BCUT2D eigenvalue weighted by molar-refractivity contribution is 7.91. The van der Waals surface area contributed by atoms with E-state index in [1.54, 1.807) is 17.2 Å². The van der Waals surface area contributed by atoms with Gasteiger partial charge in [0.2, 0.25) is 0 Å². The first-order chi connectivity index (χ1) is 12.5. The second-order valence-corrected chi connectivity index (χ2v) is 9.64. The fourth-order valence-electron chi connectivity index (χ4n) is 4.03. The van der Waals surface area contributed by atoms with Crippen LogP contribution in [0.4, 0.5) is 5.69 Å². The summed E-state index contributed by atoms with van der Waals surface area (Å²) in [6, 6.07) is 3.92. The van der Waals surface area contributed by atoms with Gasteiger partial charge in [0.25, 0.3) is 5.91 Å². The van der Waals surface area contributed by atoms with Crippen LogP contribution >= 0.6 is 0 Å². The van der Waals surface area contributed by atoms with E-state index in [9.17, 15) is 13.2 Å². The van der Waals surface area contributed by atoms with Gasteiger partial charge in [-0.05, 0) is 38.3 Å². The molecule has 1 N–H and O–H groups in total. The lowest BCUT2D eigenvalue weighted by atomic mass is 10.1. The first-order valence-corrected chi connectivity index (χ1v) is 11.5. The molecule has 0 aromatic carbocycles. The van der Waals surface area contributed by atoms with Gasteiger partial charge in [0, 0.05) is 30.5 Å². The van der Waals surface area contributed by atoms with Crippen molar-refractivity contribution in [2.45, 2.75) is 64.0 Å². The van der Waals surface area contributed by atoms with E-state index in [0.29, 0.717) is 24.7 Å². The molecular formula is C19H29N3O3S. The first kappa shape index (κ1) is 19.1. The van der Waals surface area contributed by atoms with Crippen LogP contribution < -0.4 is 5.32 Å². The Morgan fingerprint density at radius 2 is 1.96 bits per heavy atom. The third kappa shape index (κ3) is 4.75. The molecule has 1 amide bonds. The van der Waals surface area contributed by atoms with Crippen LogP contribution in [0.5, 0.6) is 0 Å². The zero-order chi connectivity index (χ0) is 18.6. The number of pyridine rings is 1. The largest absolute Gasteiger partial charge is 0.382 e. The standard InChI is InChI=1S/C19H29N3O3S/c1-2-22(17-10-12-26(24,25)14-17)19(23)18-13-16(9-11-20-18)21-15-7-5-3-4-6-8-15/h9,11,13,15,17H,2-8,10,12,14H2,1H3,(H,20,21). The molecule has 2 fully saturated rings. The van der Waals surface area contributed by atoms with Crippen molar-refractivity contribution in [1.29, 1.82) is 0 Å². The minimum Gasteiger partial charge on any atom is -0.382 e. The fourth-order valence-corrected chi connectivity index (χ4v) is 5.76. The normalized spacial score (nSPS) is 23.3. The molecule has 6 nitrogen and oxygen atoms in total. The third-order valence-electron chi connectivity index (χ3n) is 5.46. The number of amides is 1. The average molecular weight is 380 g/mol. The Hall–Kier alpha value is -1.63. The minimum atomic E-state index is -3.02. The highest BCUT2D eigenvalue weighted by Crippen LogP contribution is 2.23. The lowest BCUT2D eigenvalue weighted by molar-refractivity contribution is 0.0702. The molecule has 1 aromatic heterocycles. The van der Waals surface area contributed by atoms with Crippen LogP contribution in [-0.2, 0) is 9.84 Å². The predicted octanol–water partition coefficient (Wildman–Crippen LogP) is 2.87. The van der Waals surface area contributed by atoms with Gasteiger partial charge < -0.3 is 10.2 Å². The van der Waals surface area contributed by atoms with Crippen LogP contribution in [0.1, 0.15) is 62.4 Å². The second-order valence-electron chi connectivity index (χ2n) is 7.41. The molecule has 0 spiro atoms. The van der Waals surface area contributed by atoms with Crippen molar-refractivity contribution in [3.63, 3.8) is 0 Å². The van der Waals surface area contributed by atoms with Crippen molar-refractivity contribution in [3.05, 3.63) is 24.0 Å². The van der Waals surface area contributed by atoms with Crippen LogP contribution in [0.15, 0.2) is 18.3 Å². The number of hydrogen-bond donors (Lipinski definition) is 1. The zero-order valence-corrected chi connectivity index (χ0v) is 16.3. The molecule has 0 radical (unpaired) electrons. The molecule has 1 aromatic rings. The van der Waals surface area contributed by atoms with Crippen molar-refractivity contribution in [1.82, 2.24) is 9.88 Å². The van der Waals surface area contributed by atoms with Crippen LogP contribution in [0.3, 0.4) is 0 Å². The number of carbonyl (C=O) groups is 1. The minimum absolute atomic E-state index is 0.0621. The van der Waals surface area contributed by atoms with Gasteiger partial charge in [-0.2, -0.15) is 0 Å². The van der Waals surface area contributed by atoms with Crippen molar-refractivity contribution < 1.29 is 13.2 Å². The summed E-state index contributed by atoms with van der Waals surface area (Å²) in [5.74, 6) is 0.0456. The topological polar surface area (TPSA) is 79.4 Å². The molecule has 1 atom stereocenters. The molecule has 1 unspecified atom stereocenters. The average Bonchev–Trinajstić information content (AvgIpc) is 2.82. The zero-order valence-electron chi connectivity index (χ0n) is 15.5. The van der Waals surface area contributed by atoms with Gasteiger partial charge in [-0.1, -0.05) is 25.7 Å². The van der Waals surface area contributed by atoms with Gasteiger partial charge in [0.1, 0.15) is 5.69 Å². The summed E-state index contributed by atoms with van der Waals surface area (Å²) in [5, 5.41) is 3.55. The van der Waals surface area contributed by atoms with Crippen molar-refractivity contribution in [2.75, 3.05) is 23.4 Å². The smallest absolute Gasteiger partial charge is 0.272 e. The summed E-state index contributed by atoms with van der Waals surface area (Å²) in [7, 11) is -3.02. The van der Waals surface area contributed by atoms with Gasteiger partial charge in [0.15, 0.2) is 9.84 Å². The summed E-state index contributed by atoms with van der Waals surface area (Å²) >= 11 is 0. The van der Waals surface area contributed by atoms with Gasteiger partial charge in [0.05, 0.1) is 11.5 Å².